The molecule has 1 heterocycles. The molecule has 0 fully saturated rings. The molecule has 1 aromatic rings. The van der Waals surface area contributed by atoms with E-state index in [0.29, 0.717) is 12.8 Å². The largest absolute Gasteiger partial charge is 0.396 e. The maximum atomic E-state index is 12.5. The SMILES string of the molecule is CCC(CC)C(=O)N(CCCO)S(=O)(=O)c1cccs1. The molecule has 0 radical (unpaired) electrons. The third-order valence-corrected chi connectivity index (χ3v) is 6.31. The number of rotatable bonds is 8. The van der Waals surface area contributed by atoms with Gasteiger partial charge in [0.15, 0.2) is 0 Å². The highest BCUT2D eigenvalue weighted by atomic mass is 32.2. The summed E-state index contributed by atoms with van der Waals surface area (Å²) in [6, 6.07) is 3.13. The molecule has 0 unspecified atom stereocenters. The van der Waals surface area contributed by atoms with Crippen LogP contribution in [0, 0.1) is 5.92 Å². The first-order chi connectivity index (χ1) is 9.48. The van der Waals surface area contributed by atoms with Crippen LogP contribution in [0.2, 0.25) is 0 Å². The first-order valence-electron chi connectivity index (χ1n) is 6.69. The van der Waals surface area contributed by atoms with E-state index in [1.54, 1.807) is 11.4 Å². The molecule has 0 aliphatic carbocycles. The Hall–Kier alpha value is -0.920. The molecule has 0 aliphatic heterocycles. The second-order valence-electron chi connectivity index (χ2n) is 4.44. The fourth-order valence-electron chi connectivity index (χ4n) is 1.92. The lowest BCUT2D eigenvalue weighted by Gasteiger charge is -2.25. The average molecular weight is 319 g/mol. The van der Waals surface area contributed by atoms with Crippen LogP contribution < -0.4 is 0 Å². The van der Waals surface area contributed by atoms with Crippen molar-refractivity contribution in [2.75, 3.05) is 13.2 Å². The summed E-state index contributed by atoms with van der Waals surface area (Å²) in [5, 5.41) is 10.6. The zero-order valence-electron chi connectivity index (χ0n) is 11.8. The predicted octanol–water partition coefficient (Wildman–Crippen LogP) is 2.08. The van der Waals surface area contributed by atoms with Crippen molar-refractivity contribution < 1.29 is 18.3 Å². The van der Waals surface area contributed by atoms with Gasteiger partial charge in [-0.25, -0.2) is 12.7 Å². The second kappa shape index (κ2) is 7.75. The van der Waals surface area contributed by atoms with Gasteiger partial charge < -0.3 is 5.11 Å². The number of amides is 1. The van der Waals surface area contributed by atoms with Gasteiger partial charge in [-0.1, -0.05) is 19.9 Å². The van der Waals surface area contributed by atoms with Gasteiger partial charge in [-0.05, 0) is 30.7 Å². The first kappa shape index (κ1) is 17.1. The van der Waals surface area contributed by atoms with Gasteiger partial charge in [0, 0.05) is 19.1 Å². The van der Waals surface area contributed by atoms with Gasteiger partial charge in [-0.2, -0.15) is 0 Å². The van der Waals surface area contributed by atoms with Gasteiger partial charge in [0.05, 0.1) is 0 Å². The predicted molar refractivity (Wildman–Crippen MR) is 79.0 cm³/mol. The maximum Gasteiger partial charge on any atom is 0.275 e. The van der Waals surface area contributed by atoms with E-state index in [9.17, 15) is 13.2 Å². The lowest BCUT2D eigenvalue weighted by molar-refractivity contribution is -0.130. The first-order valence-corrected chi connectivity index (χ1v) is 9.01. The van der Waals surface area contributed by atoms with Crippen LogP contribution in [-0.4, -0.2) is 36.9 Å². The van der Waals surface area contributed by atoms with E-state index >= 15 is 0 Å². The van der Waals surface area contributed by atoms with E-state index < -0.39 is 10.0 Å². The second-order valence-corrected chi connectivity index (χ2v) is 7.47. The summed E-state index contributed by atoms with van der Waals surface area (Å²) in [5.41, 5.74) is 0. The van der Waals surface area contributed by atoms with Crippen LogP contribution in [0.5, 0.6) is 0 Å². The zero-order valence-corrected chi connectivity index (χ0v) is 13.4. The molecule has 0 atom stereocenters. The Labute approximate surface area is 124 Å². The van der Waals surface area contributed by atoms with Crippen molar-refractivity contribution in [1.29, 1.82) is 0 Å². The van der Waals surface area contributed by atoms with Crippen molar-refractivity contribution in [3.05, 3.63) is 17.5 Å². The lowest BCUT2D eigenvalue weighted by Crippen LogP contribution is -2.41. The van der Waals surface area contributed by atoms with Gasteiger partial charge in [0.1, 0.15) is 4.21 Å². The van der Waals surface area contributed by atoms with Gasteiger partial charge >= 0.3 is 0 Å². The number of nitrogens with zero attached hydrogens (tertiary/aromatic N) is 1. The van der Waals surface area contributed by atoms with Crippen LogP contribution in [0.1, 0.15) is 33.1 Å². The highest BCUT2D eigenvalue weighted by Gasteiger charge is 2.32. The van der Waals surface area contributed by atoms with E-state index in [1.807, 2.05) is 13.8 Å². The van der Waals surface area contributed by atoms with E-state index in [2.05, 4.69) is 0 Å². The third kappa shape index (κ3) is 3.80. The fraction of sp³-hybridized carbons (Fsp3) is 0.615. The fourth-order valence-corrected chi connectivity index (χ4v) is 4.52. The van der Waals surface area contributed by atoms with Crippen LogP contribution in [0.4, 0.5) is 0 Å². The number of sulfonamides is 1. The molecule has 0 aromatic carbocycles. The molecule has 114 valence electrons. The number of thiophene rings is 1. The lowest BCUT2D eigenvalue weighted by atomic mass is 10.0. The van der Waals surface area contributed by atoms with E-state index in [1.165, 1.54) is 6.07 Å². The molecule has 1 N–H and O–H groups in total. The van der Waals surface area contributed by atoms with Crippen molar-refractivity contribution in [2.24, 2.45) is 5.92 Å². The van der Waals surface area contributed by atoms with Gasteiger partial charge in [0.2, 0.25) is 5.91 Å². The summed E-state index contributed by atoms with van der Waals surface area (Å²) in [4.78, 5) is 12.4. The molecule has 1 amide bonds. The normalized spacial score (nSPS) is 11.8. The molecule has 0 saturated heterocycles. The number of carbonyl (C=O) groups is 1. The molecule has 1 aromatic heterocycles. The summed E-state index contributed by atoms with van der Waals surface area (Å²) in [7, 11) is -3.80. The Morgan fingerprint density at radius 1 is 1.40 bits per heavy atom. The van der Waals surface area contributed by atoms with Crippen molar-refractivity contribution in [3.8, 4) is 0 Å². The van der Waals surface area contributed by atoms with Crippen LogP contribution in [0.25, 0.3) is 0 Å². The topological polar surface area (TPSA) is 74.7 Å². The summed E-state index contributed by atoms with van der Waals surface area (Å²) < 4.78 is 26.1. The van der Waals surface area contributed by atoms with Gasteiger partial charge in [0.25, 0.3) is 10.0 Å². The molecule has 0 bridgehead atoms. The molecule has 0 spiro atoms. The Balaban J connectivity index is 3.09. The average Bonchev–Trinajstić information content (AvgIpc) is 2.95. The number of carbonyl (C=O) groups excluding carboxylic acids is 1. The number of hydrogen-bond donors (Lipinski definition) is 1. The Kier molecular flexibility index (Phi) is 6.64. The van der Waals surface area contributed by atoms with Crippen LogP contribution in [-0.2, 0) is 14.8 Å². The molecule has 0 aliphatic rings. The van der Waals surface area contributed by atoms with Gasteiger partial charge in [-0.15, -0.1) is 11.3 Å². The maximum absolute atomic E-state index is 12.5. The van der Waals surface area contributed by atoms with Crippen molar-refractivity contribution in [1.82, 2.24) is 4.31 Å². The van der Waals surface area contributed by atoms with Gasteiger partial charge in [-0.3, -0.25) is 4.79 Å². The molecular weight excluding hydrogens is 298 g/mol. The van der Waals surface area contributed by atoms with Crippen LogP contribution >= 0.6 is 11.3 Å². The Morgan fingerprint density at radius 2 is 2.05 bits per heavy atom. The van der Waals surface area contributed by atoms with E-state index in [-0.39, 0.29) is 35.6 Å². The van der Waals surface area contributed by atoms with E-state index in [4.69, 9.17) is 5.11 Å². The summed E-state index contributed by atoms with van der Waals surface area (Å²) in [5.74, 6) is -0.680. The summed E-state index contributed by atoms with van der Waals surface area (Å²) in [6.45, 7) is 3.61. The summed E-state index contributed by atoms with van der Waals surface area (Å²) in [6.07, 6.45) is 1.45. The summed E-state index contributed by atoms with van der Waals surface area (Å²) >= 11 is 1.09. The highest BCUT2D eigenvalue weighted by Crippen LogP contribution is 2.24. The van der Waals surface area contributed by atoms with Crippen molar-refractivity contribution in [2.45, 2.75) is 37.3 Å². The van der Waals surface area contributed by atoms with Crippen molar-refractivity contribution >= 4 is 27.3 Å². The highest BCUT2D eigenvalue weighted by molar-refractivity contribution is 7.91. The monoisotopic (exact) mass is 319 g/mol. The Bertz CT molecular complexity index is 506. The third-order valence-electron chi connectivity index (χ3n) is 3.14. The molecule has 7 heteroatoms. The Morgan fingerprint density at radius 3 is 2.50 bits per heavy atom. The number of aliphatic hydroxyl groups excluding tert-OH is 1. The molecule has 1 rings (SSSR count). The standard InChI is InChI=1S/C13H21NO4S2/c1-3-11(4-2)13(16)14(8-6-9-15)20(17,18)12-7-5-10-19-12/h5,7,10-11,15H,3-4,6,8-9H2,1-2H3. The number of aliphatic hydroxyl groups is 1. The smallest absolute Gasteiger partial charge is 0.275 e. The van der Waals surface area contributed by atoms with Crippen LogP contribution in [0.3, 0.4) is 0 Å². The quantitative estimate of drug-likeness (QED) is 0.796. The van der Waals surface area contributed by atoms with E-state index in [0.717, 1.165) is 15.6 Å². The minimum atomic E-state index is -3.80. The molecule has 5 nitrogen and oxygen atoms in total. The molecule has 20 heavy (non-hydrogen) atoms. The molecular formula is C13H21NO4S2. The van der Waals surface area contributed by atoms with Crippen molar-refractivity contribution in [3.63, 3.8) is 0 Å². The zero-order chi connectivity index (χ0) is 15.2. The number of hydrogen-bond acceptors (Lipinski definition) is 5. The minimum Gasteiger partial charge on any atom is -0.396 e. The van der Waals surface area contributed by atoms with Crippen LogP contribution in [0.15, 0.2) is 21.7 Å². The minimum absolute atomic E-state index is 0.0199. The molecule has 0 saturated carbocycles.